The minimum absolute atomic E-state index is 0.0147. The number of nitrogens with one attached hydrogen (secondary N) is 1. The highest BCUT2D eigenvalue weighted by atomic mass is 19.4. The summed E-state index contributed by atoms with van der Waals surface area (Å²) < 4.78 is 77.4. The molecule has 0 unspecified atom stereocenters. The molecule has 28 heavy (non-hydrogen) atoms. The molecule has 0 bridgehead atoms. The summed E-state index contributed by atoms with van der Waals surface area (Å²) in [6.45, 7) is 7.67. The molecule has 0 aliphatic carbocycles. The Morgan fingerprint density at radius 2 is 1.25 bits per heavy atom. The molecular formula is C18H22F6N2O2. The molecule has 0 saturated carbocycles. The van der Waals surface area contributed by atoms with Crippen molar-refractivity contribution in [3.05, 3.63) is 29.3 Å². The maximum atomic E-state index is 12.9. The van der Waals surface area contributed by atoms with Crippen LogP contribution in [0.3, 0.4) is 0 Å². The number of carbonyl (C=O) groups is 2. The number of benzene rings is 1. The molecule has 1 N–H and O–H groups in total. The molecule has 0 radical (unpaired) electrons. The smallest absolute Gasteiger partial charge is 0.334 e. The van der Waals surface area contributed by atoms with E-state index in [0.29, 0.717) is 12.1 Å². The molecular weight excluding hydrogens is 390 g/mol. The largest absolute Gasteiger partial charge is 0.416 e. The Morgan fingerprint density at radius 3 is 1.57 bits per heavy atom. The minimum atomic E-state index is -5.05. The van der Waals surface area contributed by atoms with Gasteiger partial charge < -0.3 is 10.2 Å². The summed E-state index contributed by atoms with van der Waals surface area (Å²) in [7, 11) is 0. The van der Waals surface area contributed by atoms with Crippen LogP contribution in [-0.4, -0.2) is 29.8 Å². The fraction of sp³-hybridized carbons (Fsp3) is 0.556. The van der Waals surface area contributed by atoms with Crippen LogP contribution in [0.5, 0.6) is 0 Å². The first-order valence-corrected chi connectivity index (χ1v) is 8.51. The molecule has 0 atom stereocenters. The second-order valence-electron chi connectivity index (χ2n) is 7.25. The summed E-state index contributed by atoms with van der Waals surface area (Å²) in [5.41, 5.74) is -3.91. The average molecular weight is 412 g/mol. The van der Waals surface area contributed by atoms with E-state index in [0.717, 1.165) is 0 Å². The molecule has 0 spiro atoms. The van der Waals surface area contributed by atoms with Crippen LogP contribution < -0.4 is 5.32 Å². The van der Waals surface area contributed by atoms with Crippen LogP contribution in [0.4, 0.5) is 32.0 Å². The van der Waals surface area contributed by atoms with Crippen molar-refractivity contribution in [3.63, 3.8) is 0 Å². The van der Waals surface area contributed by atoms with Crippen LogP contribution >= 0.6 is 0 Å². The van der Waals surface area contributed by atoms with Crippen molar-refractivity contribution in [3.8, 4) is 0 Å². The van der Waals surface area contributed by atoms with Crippen molar-refractivity contribution in [2.45, 2.75) is 40.0 Å². The zero-order valence-electron chi connectivity index (χ0n) is 15.8. The van der Waals surface area contributed by atoms with E-state index in [1.165, 1.54) is 4.90 Å². The lowest BCUT2D eigenvalue weighted by molar-refractivity contribution is -0.144. The predicted molar refractivity (Wildman–Crippen MR) is 91.3 cm³/mol. The van der Waals surface area contributed by atoms with Gasteiger partial charge >= 0.3 is 24.2 Å². The van der Waals surface area contributed by atoms with E-state index in [-0.39, 0.29) is 31.0 Å². The predicted octanol–water partition coefficient (Wildman–Crippen LogP) is 4.80. The third-order valence-corrected chi connectivity index (χ3v) is 3.50. The van der Waals surface area contributed by atoms with Gasteiger partial charge in [-0.05, 0) is 30.0 Å². The van der Waals surface area contributed by atoms with Gasteiger partial charge in [0.1, 0.15) is 0 Å². The Balaban J connectivity index is 3.17. The van der Waals surface area contributed by atoms with Crippen LogP contribution in [0, 0.1) is 11.8 Å². The number of anilines is 1. The lowest BCUT2D eigenvalue weighted by atomic mass is 10.1. The first kappa shape index (κ1) is 23.8. The van der Waals surface area contributed by atoms with Crippen LogP contribution in [0.15, 0.2) is 18.2 Å². The van der Waals surface area contributed by atoms with Crippen molar-refractivity contribution in [1.82, 2.24) is 4.90 Å². The van der Waals surface area contributed by atoms with E-state index < -0.39 is 41.0 Å². The van der Waals surface area contributed by atoms with Gasteiger partial charge in [0.2, 0.25) is 0 Å². The van der Waals surface area contributed by atoms with Gasteiger partial charge in [0.25, 0.3) is 0 Å². The molecule has 0 heterocycles. The van der Waals surface area contributed by atoms with Gasteiger partial charge in [0, 0.05) is 18.8 Å². The van der Waals surface area contributed by atoms with Crippen LogP contribution in [0.25, 0.3) is 0 Å². The molecule has 1 aromatic rings. The van der Waals surface area contributed by atoms with Gasteiger partial charge in [-0.3, -0.25) is 9.59 Å². The summed E-state index contributed by atoms with van der Waals surface area (Å²) >= 11 is 0. The molecule has 1 rings (SSSR count). The Hall–Kier alpha value is -2.26. The highest BCUT2D eigenvalue weighted by Crippen LogP contribution is 2.37. The van der Waals surface area contributed by atoms with Crippen molar-refractivity contribution < 1.29 is 35.9 Å². The van der Waals surface area contributed by atoms with Crippen LogP contribution in [-0.2, 0) is 21.9 Å². The fourth-order valence-corrected chi connectivity index (χ4v) is 2.48. The summed E-state index contributed by atoms with van der Waals surface area (Å²) in [5, 5.41) is 1.86. The van der Waals surface area contributed by atoms with Crippen molar-refractivity contribution in [2.75, 3.05) is 18.4 Å². The third-order valence-electron chi connectivity index (χ3n) is 3.50. The Kier molecular flexibility index (Phi) is 7.50. The highest BCUT2D eigenvalue weighted by molar-refractivity contribution is 6.39. The maximum Gasteiger partial charge on any atom is 0.416 e. The molecule has 0 fully saturated rings. The van der Waals surface area contributed by atoms with Gasteiger partial charge in [0.15, 0.2) is 0 Å². The maximum absolute atomic E-state index is 12.9. The minimum Gasteiger partial charge on any atom is -0.334 e. The number of nitrogens with zero attached hydrogens (tertiary/aromatic N) is 1. The van der Waals surface area contributed by atoms with Gasteiger partial charge in [-0.25, -0.2) is 0 Å². The van der Waals surface area contributed by atoms with E-state index in [1.54, 1.807) is 27.7 Å². The first-order chi connectivity index (χ1) is 12.6. The Morgan fingerprint density at radius 1 is 0.857 bits per heavy atom. The standard InChI is InChI=1S/C18H22F6N2O2/c1-10(2)8-26(9-11(3)4)16(28)15(27)25-14-6-12(17(19,20)21)5-13(7-14)18(22,23)24/h5-7,10-11H,8-9H2,1-4H3,(H,25,27). The molecule has 1 aromatic carbocycles. The normalized spacial score (nSPS) is 12.4. The molecule has 10 heteroatoms. The average Bonchev–Trinajstić information content (AvgIpc) is 2.50. The number of hydrogen-bond acceptors (Lipinski definition) is 2. The molecule has 0 aliphatic heterocycles. The summed E-state index contributed by atoms with van der Waals surface area (Å²) in [6, 6.07) is 0.659. The van der Waals surface area contributed by atoms with Gasteiger partial charge in [-0.15, -0.1) is 0 Å². The van der Waals surface area contributed by atoms with Crippen molar-refractivity contribution in [2.24, 2.45) is 11.8 Å². The second-order valence-corrected chi connectivity index (χ2v) is 7.25. The molecule has 158 valence electrons. The van der Waals surface area contributed by atoms with E-state index in [4.69, 9.17) is 0 Å². The SMILES string of the molecule is CC(C)CN(CC(C)C)C(=O)C(=O)Nc1cc(C(F)(F)F)cc(C(F)(F)F)c1. The molecule has 4 nitrogen and oxygen atoms in total. The zero-order chi connectivity index (χ0) is 21.9. The fourth-order valence-electron chi connectivity index (χ4n) is 2.48. The van der Waals surface area contributed by atoms with E-state index in [9.17, 15) is 35.9 Å². The van der Waals surface area contributed by atoms with E-state index in [2.05, 4.69) is 0 Å². The Bertz CT molecular complexity index is 669. The van der Waals surface area contributed by atoms with Crippen molar-refractivity contribution >= 4 is 17.5 Å². The summed E-state index contributed by atoms with van der Waals surface area (Å²) in [5.74, 6) is -2.29. The Labute approximate surface area is 158 Å². The van der Waals surface area contributed by atoms with Gasteiger partial charge in [-0.2, -0.15) is 26.3 Å². The topological polar surface area (TPSA) is 49.4 Å². The lowest BCUT2D eigenvalue weighted by Gasteiger charge is -2.25. The van der Waals surface area contributed by atoms with Crippen molar-refractivity contribution in [1.29, 1.82) is 0 Å². The molecule has 0 aromatic heterocycles. The summed E-state index contributed by atoms with van der Waals surface area (Å²) in [4.78, 5) is 25.8. The number of alkyl halides is 6. The van der Waals surface area contributed by atoms with Crippen LogP contribution in [0.2, 0.25) is 0 Å². The second kappa shape index (κ2) is 8.83. The number of rotatable bonds is 5. The third kappa shape index (κ3) is 7.05. The highest BCUT2D eigenvalue weighted by Gasteiger charge is 2.37. The molecule has 0 saturated heterocycles. The number of amides is 2. The number of carbonyl (C=O) groups excluding carboxylic acids is 2. The van der Waals surface area contributed by atoms with E-state index >= 15 is 0 Å². The molecule has 2 amide bonds. The lowest BCUT2D eigenvalue weighted by Crippen LogP contribution is -2.43. The number of hydrogen-bond donors (Lipinski definition) is 1. The number of halogens is 6. The zero-order valence-corrected chi connectivity index (χ0v) is 15.8. The monoisotopic (exact) mass is 412 g/mol. The summed E-state index contributed by atoms with van der Waals surface area (Å²) in [6.07, 6.45) is -10.1. The first-order valence-electron chi connectivity index (χ1n) is 8.51. The van der Waals surface area contributed by atoms with E-state index in [1.807, 2.05) is 5.32 Å². The molecule has 0 aliphatic rings. The van der Waals surface area contributed by atoms with Crippen LogP contribution in [0.1, 0.15) is 38.8 Å². The van der Waals surface area contributed by atoms with Gasteiger partial charge in [-0.1, -0.05) is 27.7 Å². The van der Waals surface area contributed by atoms with Gasteiger partial charge in [0.05, 0.1) is 11.1 Å². The quantitative estimate of drug-likeness (QED) is 0.558.